The lowest BCUT2D eigenvalue weighted by atomic mass is 10.2. The number of hydrogen-bond acceptors (Lipinski definition) is 4. The first-order valence-electron chi connectivity index (χ1n) is 5.84. The Morgan fingerprint density at radius 1 is 1.32 bits per heavy atom. The van der Waals surface area contributed by atoms with Gasteiger partial charge in [-0.25, -0.2) is 0 Å². The molecule has 1 amide bonds. The Kier molecular flexibility index (Phi) is 3.77. The number of aromatic hydroxyl groups is 1. The monoisotopic (exact) mass is 257 g/mol. The second-order valence-electron chi connectivity index (χ2n) is 4.12. The zero-order chi connectivity index (χ0) is 13.8. The van der Waals surface area contributed by atoms with Crippen LogP contribution in [0.15, 0.2) is 42.6 Å². The molecule has 0 bridgehead atoms. The van der Waals surface area contributed by atoms with Gasteiger partial charge < -0.3 is 15.7 Å². The van der Waals surface area contributed by atoms with E-state index in [1.54, 1.807) is 37.5 Å². The number of phenols is 1. The van der Waals surface area contributed by atoms with E-state index in [0.29, 0.717) is 23.5 Å². The SMILES string of the molecule is CN(C(=O)c1ccnc(CN)c1)c1ccc(O)cc1. The van der Waals surface area contributed by atoms with E-state index in [1.807, 2.05) is 0 Å². The molecule has 0 atom stereocenters. The Balaban J connectivity index is 2.25. The van der Waals surface area contributed by atoms with E-state index in [0.717, 1.165) is 0 Å². The number of aromatic nitrogens is 1. The van der Waals surface area contributed by atoms with Crippen molar-refractivity contribution in [3.8, 4) is 5.75 Å². The summed E-state index contributed by atoms with van der Waals surface area (Å²) < 4.78 is 0. The van der Waals surface area contributed by atoms with E-state index in [2.05, 4.69) is 4.98 Å². The number of pyridine rings is 1. The van der Waals surface area contributed by atoms with Crippen LogP contribution in [0, 0.1) is 0 Å². The summed E-state index contributed by atoms with van der Waals surface area (Å²) in [5.41, 5.74) is 7.41. The highest BCUT2D eigenvalue weighted by atomic mass is 16.3. The van der Waals surface area contributed by atoms with Crippen LogP contribution < -0.4 is 10.6 Å². The van der Waals surface area contributed by atoms with Crippen LogP contribution in [0.4, 0.5) is 5.69 Å². The summed E-state index contributed by atoms with van der Waals surface area (Å²) in [6.45, 7) is 0.296. The highest BCUT2D eigenvalue weighted by Crippen LogP contribution is 2.19. The second kappa shape index (κ2) is 5.49. The molecule has 0 unspecified atom stereocenters. The summed E-state index contributed by atoms with van der Waals surface area (Å²) in [6.07, 6.45) is 1.57. The molecule has 1 aromatic carbocycles. The van der Waals surface area contributed by atoms with Crippen molar-refractivity contribution < 1.29 is 9.90 Å². The predicted octanol–water partition coefficient (Wildman–Crippen LogP) is 1.52. The number of nitrogens with zero attached hydrogens (tertiary/aromatic N) is 2. The van der Waals surface area contributed by atoms with Crippen LogP contribution in [0.1, 0.15) is 16.1 Å². The van der Waals surface area contributed by atoms with E-state index >= 15 is 0 Å². The average Bonchev–Trinajstić information content (AvgIpc) is 2.46. The van der Waals surface area contributed by atoms with Crippen molar-refractivity contribution in [3.63, 3.8) is 0 Å². The van der Waals surface area contributed by atoms with E-state index in [9.17, 15) is 9.90 Å². The third kappa shape index (κ3) is 2.89. The number of amides is 1. The molecule has 1 heterocycles. The van der Waals surface area contributed by atoms with Gasteiger partial charge in [0.25, 0.3) is 5.91 Å². The summed E-state index contributed by atoms with van der Waals surface area (Å²) in [5, 5.41) is 9.24. The molecule has 1 aromatic heterocycles. The fourth-order valence-electron chi connectivity index (χ4n) is 1.71. The van der Waals surface area contributed by atoms with Crippen LogP contribution in [-0.4, -0.2) is 23.0 Å². The predicted molar refractivity (Wildman–Crippen MR) is 73.0 cm³/mol. The summed E-state index contributed by atoms with van der Waals surface area (Å²) >= 11 is 0. The number of benzene rings is 1. The maximum Gasteiger partial charge on any atom is 0.258 e. The third-order valence-electron chi connectivity index (χ3n) is 2.81. The van der Waals surface area contributed by atoms with Gasteiger partial charge in [0, 0.05) is 31.0 Å². The largest absolute Gasteiger partial charge is 0.508 e. The molecule has 98 valence electrons. The lowest BCUT2D eigenvalue weighted by Gasteiger charge is -2.17. The van der Waals surface area contributed by atoms with E-state index in [4.69, 9.17) is 5.73 Å². The number of carbonyl (C=O) groups excluding carboxylic acids is 1. The lowest BCUT2D eigenvalue weighted by molar-refractivity contribution is 0.0992. The maximum atomic E-state index is 12.3. The topological polar surface area (TPSA) is 79.5 Å². The van der Waals surface area contributed by atoms with Gasteiger partial charge in [0.05, 0.1) is 5.69 Å². The van der Waals surface area contributed by atoms with Crippen molar-refractivity contribution in [1.82, 2.24) is 4.98 Å². The minimum atomic E-state index is -0.150. The van der Waals surface area contributed by atoms with Gasteiger partial charge in [0.15, 0.2) is 0 Å². The molecule has 0 saturated carbocycles. The molecule has 19 heavy (non-hydrogen) atoms. The van der Waals surface area contributed by atoms with E-state index in [-0.39, 0.29) is 11.7 Å². The molecule has 0 aliphatic rings. The van der Waals surface area contributed by atoms with Crippen molar-refractivity contribution in [2.45, 2.75) is 6.54 Å². The van der Waals surface area contributed by atoms with Gasteiger partial charge in [-0.1, -0.05) is 0 Å². The third-order valence-corrected chi connectivity index (χ3v) is 2.81. The van der Waals surface area contributed by atoms with Crippen LogP contribution in [0.3, 0.4) is 0 Å². The van der Waals surface area contributed by atoms with Crippen LogP contribution >= 0.6 is 0 Å². The second-order valence-corrected chi connectivity index (χ2v) is 4.12. The summed E-state index contributed by atoms with van der Waals surface area (Å²) in [7, 11) is 1.68. The highest BCUT2D eigenvalue weighted by Gasteiger charge is 2.13. The quantitative estimate of drug-likeness (QED) is 0.873. The molecule has 0 saturated heterocycles. The molecule has 5 nitrogen and oxygen atoms in total. The van der Waals surface area contributed by atoms with Crippen molar-refractivity contribution >= 4 is 11.6 Å². The van der Waals surface area contributed by atoms with Gasteiger partial charge in [-0.05, 0) is 36.4 Å². The number of nitrogens with two attached hydrogens (primary N) is 1. The Bertz CT molecular complexity index is 581. The smallest absolute Gasteiger partial charge is 0.258 e. The molecular weight excluding hydrogens is 242 g/mol. The van der Waals surface area contributed by atoms with Gasteiger partial charge >= 0.3 is 0 Å². The fraction of sp³-hybridized carbons (Fsp3) is 0.143. The van der Waals surface area contributed by atoms with Crippen molar-refractivity contribution in [2.24, 2.45) is 5.73 Å². The zero-order valence-electron chi connectivity index (χ0n) is 10.6. The molecule has 0 aliphatic heterocycles. The van der Waals surface area contributed by atoms with Crippen LogP contribution in [0.2, 0.25) is 0 Å². The number of anilines is 1. The van der Waals surface area contributed by atoms with Crippen molar-refractivity contribution in [1.29, 1.82) is 0 Å². The summed E-state index contributed by atoms with van der Waals surface area (Å²) in [5.74, 6) is 0.0155. The molecule has 0 spiro atoms. The van der Waals surface area contributed by atoms with Crippen LogP contribution in [0.25, 0.3) is 0 Å². The van der Waals surface area contributed by atoms with E-state index < -0.39 is 0 Å². The maximum absolute atomic E-state index is 12.3. The standard InChI is InChI=1S/C14H15N3O2/c1-17(12-2-4-13(18)5-3-12)14(19)10-6-7-16-11(8-10)9-15/h2-8,18H,9,15H2,1H3. The van der Waals surface area contributed by atoms with Crippen molar-refractivity contribution in [2.75, 3.05) is 11.9 Å². The first kappa shape index (κ1) is 13.0. The average molecular weight is 257 g/mol. The first-order valence-corrected chi connectivity index (χ1v) is 5.84. The molecule has 3 N–H and O–H groups in total. The lowest BCUT2D eigenvalue weighted by Crippen LogP contribution is -2.26. The normalized spacial score (nSPS) is 10.2. The van der Waals surface area contributed by atoms with Gasteiger partial charge in [0.1, 0.15) is 5.75 Å². The van der Waals surface area contributed by atoms with Gasteiger partial charge in [-0.15, -0.1) is 0 Å². The Morgan fingerprint density at radius 2 is 2.00 bits per heavy atom. The Morgan fingerprint density at radius 3 is 2.63 bits per heavy atom. The Labute approximate surface area is 111 Å². The minimum absolute atomic E-state index is 0.150. The number of carbonyl (C=O) groups is 1. The highest BCUT2D eigenvalue weighted by molar-refractivity contribution is 6.05. The minimum Gasteiger partial charge on any atom is -0.508 e. The molecule has 2 aromatic rings. The molecule has 5 heteroatoms. The van der Waals surface area contributed by atoms with Crippen LogP contribution in [-0.2, 0) is 6.54 Å². The molecular formula is C14H15N3O2. The Hall–Kier alpha value is -2.40. The molecule has 2 rings (SSSR count). The number of rotatable bonds is 3. The fourth-order valence-corrected chi connectivity index (χ4v) is 1.71. The number of phenolic OH excluding ortho intramolecular Hbond substituents is 1. The van der Waals surface area contributed by atoms with E-state index in [1.165, 1.54) is 17.0 Å². The van der Waals surface area contributed by atoms with Crippen molar-refractivity contribution in [3.05, 3.63) is 53.9 Å². The van der Waals surface area contributed by atoms with Gasteiger partial charge in [-0.3, -0.25) is 9.78 Å². The van der Waals surface area contributed by atoms with Crippen LogP contribution in [0.5, 0.6) is 5.75 Å². The number of hydrogen-bond donors (Lipinski definition) is 2. The first-order chi connectivity index (χ1) is 9.11. The zero-order valence-corrected chi connectivity index (χ0v) is 10.6. The molecule has 0 fully saturated rings. The van der Waals surface area contributed by atoms with Gasteiger partial charge in [0.2, 0.25) is 0 Å². The molecule has 0 aliphatic carbocycles. The van der Waals surface area contributed by atoms with Gasteiger partial charge in [-0.2, -0.15) is 0 Å². The summed E-state index contributed by atoms with van der Waals surface area (Å²) in [6, 6.07) is 9.77. The summed E-state index contributed by atoms with van der Waals surface area (Å²) in [4.78, 5) is 17.9. The molecule has 0 radical (unpaired) electrons.